The van der Waals surface area contributed by atoms with Gasteiger partial charge in [0.05, 0.1) is 6.10 Å². The Bertz CT molecular complexity index is 764. The van der Waals surface area contributed by atoms with Crippen molar-refractivity contribution < 1.29 is 9.84 Å². The number of aliphatic hydroxyl groups excluding tert-OH is 1. The van der Waals surface area contributed by atoms with Gasteiger partial charge in [0, 0.05) is 0 Å². The van der Waals surface area contributed by atoms with Crippen LogP contribution in [-0.4, -0.2) is 5.11 Å². The maximum Gasteiger partial charge on any atom is 0.128 e. The monoisotopic (exact) mass is 302 g/mol. The van der Waals surface area contributed by atoms with Crippen molar-refractivity contribution >= 4 is 6.08 Å². The number of benzene rings is 3. The number of ether oxygens (including phenoxy) is 1. The van der Waals surface area contributed by atoms with Crippen molar-refractivity contribution in [3.8, 4) is 11.5 Å². The zero-order valence-corrected chi connectivity index (χ0v) is 12.7. The molecule has 0 heterocycles. The van der Waals surface area contributed by atoms with Gasteiger partial charge in [-0.1, -0.05) is 72.8 Å². The quantitative estimate of drug-likeness (QED) is 0.699. The van der Waals surface area contributed by atoms with Crippen molar-refractivity contribution in [2.45, 2.75) is 6.10 Å². The van der Waals surface area contributed by atoms with Gasteiger partial charge in [-0.15, -0.1) is 0 Å². The first-order chi connectivity index (χ1) is 11.3. The molecule has 0 fully saturated rings. The third-order valence-corrected chi connectivity index (χ3v) is 3.45. The summed E-state index contributed by atoms with van der Waals surface area (Å²) in [6, 6.07) is 27.0. The van der Waals surface area contributed by atoms with Gasteiger partial charge >= 0.3 is 0 Å². The number of hydrogen-bond acceptors (Lipinski definition) is 2. The predicted octanol–water partition coefficient (Wildman–Crippen LogP) is 5.23. The molecule has 1 atom stereocenters. The van der Waals surface area contributed by atoms with Crippen LogP contribution in [0.3, 0.4) is 0 Å². The van der Waals surface area contributed by atoms with E-state index in [1.807, 2.05) is 91.0 Å². The second-order valence-electron chi connectivity index (χ2n) is 5.20. The molecule has 23 heavy (non-hydrogen) atoms. The molecule has 0 bridgehead atoms. The van der Waals surface area contributed by atoms with Crippen LogP contribution < -0.4 is 4.74 Å². The Morgan fingerprint density at radius 3 is 2.13 bits per heavy atom. The molecule has 0 spiro atoms. The van der Waals surface area contributed by atoms with Crippen molar-refractivity contribution in [3.63, 3.8) is 0 Å². The van der Waals surface area contributed by atoms with Gasteiger partial charge < -0.3 is 9.84 Å². The highest BCUT2D eigenvalue weighted by Crippen LogP contribution is 2.23. The van der Waals surface area contributed by atoms with Gasteiger partial charge in [-0.05, 0) is 35.4 Å². The van der Waals surface area contributed by atoms with Crippen LogP contribution >= 0.6 is 0 Å². The molecular formula is C21H18O2. The van der Waals surface area contributed by atoms with E-state index in [-0.39, 0.29) is 0 Å². The van der Waals surface area contributed by atoms with Crippen LogP contribution in [0.15, 0.2) is 91.0 Å². The standard InChI is InChI=1S/C21H18O2/c22-21(18-9-3-1-4-10-18)15-14-17-8-7-13-20(16-17)23-19-11-5-2-6-12-19/h1-16,21-22H/b15-14+. The molecule has 0 aromatic heterocycles. The molecule has 0 aliphatic heterocycles. The van der Waals surface area contributed by atoms with Crippen LogP contribution in [0.4, 0.5) is 0 Å². The molecule has 0 amide bonds. The fourth-order valence-corrected chi connectivity index (χ4v) is 2.27. The fourth-order valence-electron chi connectivity index (χ4n) is 2.27. The van der Waals surface area contributed by atoms with Crippen molar-refractivity contribution in [2.75, 3.05) is 0 Å². The van der Waals surface area contributed by atoms with E-state index < -0.39 is 6.10 Å². The zero-order chi connectivity index (χ0) is 15.9. The van der Waals surface area contributed by atoms with E-state index >= 15 is 0 Å². The lowest BCUT2D eigenvalue weighted by atomic mass is 10.1. The molecular weight excluding hydrogens is 284 g/mol. The summed E-state index contributed by atoms with van der Waals surface area (Å²) in [5.41, 5.74) is 1.86. The summed E-state index contributed by atoms with van der Waals surface area (Å²) in [7, 11) is 0. The molecule has 3 aromatic carbocycles. The van der Waals surface area contributed by atoms with Crippen molar-refractivity contribution in [1.82, 2.24) is 0 Å². The van der Waals surface area contributed by atoms with Crippen LogP contribution in [0, 0.1) is 0 Å². The Labute approximate surface area is 136 Å². The van der Waals surface area contributed by atoms with Gasteiger partial charge in [0.15, 0.2) is 0 Å². The maximum atomic E-state index is 10.2. The van der Waals surface area contributed by atoms with Gasteiger partial charge in [0.25, 0.3) is 0 Å². The summed E-state index contributed by atoms with van der Waals surface area (Å²) < 4.78 is 5.81. The Balaban J connectivity index is 1.71. The van der Waals surface area contributed by atoms with E-state index in [9.17, 15) is 5.11 Å². The molecule has 2 heteroatoms. The highest BCUT2D eigenvalue weighted by Gasteiger charge is 2.02. The van der Waals surface area contributed by atoms with Gasteiger partial charge in [0.1, 0.15) is 11.5 Å². The second-order valence-corrected chi connectivity index (χ2v) is 5.20. The minimum atomic E-state index is -0.616. The van der Waals surface area contributed by atoms with Crippen LogP contribution in [0.5, 0.6) is 11.5 Å². The third kappa shape index (κ3) is 4.31. The summed E-state index contributed by atoms with van der Waals surface area (Å²) in [6.45, 7) is 0. The number of hydrogen-bond donors (Lipinski definition) is 1. The molecule has 0 aliphatic carbocycles. The molecule has 1 N–H and O–H groups in total. The van der Waals surface area contributed by atoms with Crippen LogP contribution in [0.1, 0.15) is 17.2 Å². The highest BCUT2D eigenvalue weighted by atomic mass is 16.5. The summed E-state index contributed by atoms with van der Waals surface area (Å²) in [4.78, 5) is 0. The fraction of sp³-hybridized carbons (Fsp3) is 0.0476. The summed E-state index contributed by atoms with van der Waals surface area (Å²) in [5.74, 6) is 1.57. The molecule has 0 radical (unpaired) electrons. The summed E-state index contributed by atoms with van der Waals surface area (Å²) in [6.07, 6.45) is 3.06. The smallest absolute Gasteiger partial charge is 0.128 e. The Morgan fingerprint density at radius 1 is 0.739 bits per heavy atom. The molecule has 3 aromatic rings. The minimum Gasteiger partial charge on any atom is -0.457 e. The van der Waals surface area contributed by atoms with E-state index in [2.05, 4.69) is 0 Å². The van der Waals surface area contributed by atoms with Gasteiger partial charge in [-0.25, -0.2) is 0 Å². The molecule has 1 unspecified atom stereocenters. The van der Waals surface area contributed by atoms with E-state index in [0.717, 1.165) is 22.6 Å². The van der Waals surface area contributed by atoms with Crippen molar-refractivity contribution in [2.24, 2.45) is 0 Å². The third-order valence-electron chi connectivity index (χ3n) is 3.45. The summed E-state index contributed by atoms with van der Waals surface area (Å²) >= 11 is 0. The highest BCUT2D eigenvalue weighted by molar-refractivity contribution is 5.53. The first-order valence-corrected chi connectivity index (χ1v) is 7.55. The van der Waals surface area contributed by atoms with Gasteiger partial charge in [0.2, 0.25) is 0 Å². The van der Waals surface area contributed by atoms with Crippen molar-refractivity contribution in [3.05, 3.63) is 102 Å². The number of para-hydroxylation sites is 1. The van der Waals surface area contributed by atoms with E-state index in [1.54, 1.807) is 6.08 Å². The molecule has 3 rings (SSSR count). The van der Waals surface area contributed by atoms with Crippen molar-refractivity contribution in [1.29, 1.82) is 0 Å². The number of aliphatic hydroxyl groups is 1. The first-order valence-electron chi connectivity index (χ1n) is 7.55. The molecule has 114 valence electrons. The predicted molar refractivity (Wildman–Crippen MR) is 93.4 cm³/mol. The lowest BCUT2D eigenvalue weighted by Crippen LogP contribution is -1.91. The van der Waals surface area contributed by atoms with Crippen LogP contribution in [0.2, 0.25) is 0 Å². The molecule has 2 nitrogen and oxygen atoms in total. The SMILES string of the molecule is OC(/C=C/c1cccc(Oc2ccccc2)c1)c1ccccc1. The minimum absolute atomic E-state index is 0.616. The molecule has 0 saturated heterocycles. The van der Waals surface area contributed by atoms with E-state index in [0.29, 0.717) is 0 Å². The normalized spacial score (nSPS) is 12.2. The Hall–Kier alpha value is -2.84. The van der Waals surface area contributed by atoms with Crippen LogP contribution in [0.25, 0.3) is 6.08 Å². The lowest BCUT2D eigenvalue weighted by Gasteiger charge is -2.07. The number of rotatable bonds is 5. The topological polar surface area (TPSA) is 29.5 Å². The lowest BCUT2D eigenvalue weighted by molar-refractivity contribution is 0.229. The van der Waals surface area contributed by atoms with Gasteiger partial charge in [-0.2, -0.15) is 0 Å². The average molecular weight is 302 g/mol. The molecule has 0 saturated carbocycles. The second kappa shape index (κ2) is 7.43. The maximum absolute atomic E-state index is 10.2. The average Bonchev–Trinajstić information content (AvgIpc) is 2.62. The largest absolute Gasteiger partial charge is 0.457 e. The summed E-state index contributed by atoms with van der Waals surface area (Å²) in [5, 5.41) is 10.2. The Kier molecular flexibility index (Phi) is 4.87. The van der Waals surface area contributed by atoms with E-state index in [1.165, 1.54) is 0 Å². The van der Waals surface area contributed by atoms with Gasteiger partial charge in [-0.3, -0.25) is 0 Å². The van der Waals surface area contributed by atoms with E-state index in [4.69, 9.17) is 4.74 Å². The Morgan fingerprint density at radius 2 is 1.39 bits per heavy atom. The molecule has 0 aliphatic rings. The first kappa shape index (κ1) is 15.1. The zero-order valence-electron chi connectivity index (χ0n) is 12.7. The van der Waals surface area contributed by atoms with Crippen LogP contribution in [-0.2, 0) is 0 Å².